The van der Waals surface area contributed by atoms with Crippen molar-refractivity contribution in [3.8, 4) is 6.07 Å². The molecule has 0 bridgehead atoms. The maximum Gasteiger partial charge on any atom is 0.244 e. The van der Waals surface area contributed by atoms with Crippen LogP contribution in [0.2, 0.25) is 0 Å². The smallest absolute Gasteiger partial charge is 0.244 e. The third-order valence-corrected chi connectivity index (χ3v) is 12.6. The Hall–Kier alpha value is -2.75. The first-order chi connectivity index (χ1) is 18.0. The maximum absolute atomic E-state index is 14.4. The zero-order valence-electron chi connectivity index (χ0n) is 24.5. The van der Waals surface area contributed by atoms with E-state index >= 15 is 0 Å². The molecule has 0 spiro atoms. The number of carbonyl (C=O) groups excluding carboxylic acids is 4. The summed E-state index contributed by atoms with van der Waals surface area (Å²) in [6.07, 6.45) is 9.61. The predicted octanol–water partition coefficient (Wildman–Crippen LogP) is 4.98. The van der Waals surface area contributed by atoms with Gasteiger partial charge in [-0.15, -0.1) is 0 Å². The third kappa shape index (κ3) is 3.45. The predicted molar refractivity (Wildman–Crippen MR) is 146 cm³/mol. The average molecular weight is 534 g/mol. The molecule has 0 aromatic heterocycles. The fourth-order valence-electron chi connectivity index (χ4n) is 10.2. The summed E-state index contributed by atoms with van der Waals surface area (Å²) in [6.45, 7) is 15.0. The van der Waals surface area contributed by atoms with E-state index in [1.807, 2.05) is 26.0 Å². The summed E-state index contributed by atoms with van der Waals surface area (Å²) in [7, 11) is 0. The van der Waals surface area contributed by atoms with Crippen LogP contribution in [0.4, 0.5) is 0 Å². The highest BCUT2D eigenvalue weighted by Gasteiger charge is 2.70. The Balaban J connectivity index is 1.68. The molecule has 3 fully saturated rings. The molecule has 0 aromatic carbocycles. The minimum atomic E-state index is -0.707. The number of allylic oxidation sites excluding steroid dienone is 4. The van der Waals surface area contributed by atoms with Gasteiger partial charge in [-0.2, -0.15) is 5.26 Å². The zero-order chi connectivity index (χ0) is 28.8. The number of nitriles is 1. The van der Waals surface area contributed by atoms with Gasteiger partial charge in [0.1, 0.15) is 6.07 Å². The number of carbonyl (C=O) groups is 4. The highest BCUT2D eigenvalue weighted by atomic mass is 16.2. The summed E-state index contributed by atoms with van der Waals surface area (Å²) < 4.78 is 0. The number of rotatable bonds is 3. The molecule has 7 heteroatoms. The van der Waals surface area contributed by atoms with Crippen molar-refractivity contribution in [2.75, 3.05) is 0 Å². The summed E-state index contributed by atoms with van der Waals surface area (Å²) in [5.41, 5.74) is 3.54. The molecule has 210 valence electrons. The summed E-state index contributed by atoms with van der Waals surface area (Å²) >= 11 is 0. The van der Waals surface area contributed by atoms with Crippen molar-refractivity contribution >= 4 is 23.9 Å². The molecule has 0 heterocycles. The second-order valence-electron chi connectivity index (χ2n) is 15.1. The number of nitrogens with zero attached hydrogens (tertiary/aromatic N) is 1. The summed E-state index contributed by atoms with van der Waals surface area (Å²) in [5.74, 6) is -0.691. The van der Waals surface area contributed by atoms with Gasteiger partial charge in [0.05, 0.1) is 11.0 Å². The molecule has 0 saturated heterocycles. The second-order valence-corrected chi connectivity index (χ2v) is 15.1. The van der Waals surface area contributed by atoms with Crippen LogP contribution in [0.1, 0.15) is 93.4 Å². The van der Waals surface area contributed by atoms with E-state index in [-0.39, 0.29) is 57.0 Å². The monoisotopic (exact) mass is 533 g/mol. The fraction of sp³-hybridized carbons (Fsp3) is 0.719. The molecule has 3 saturated carbocycles. The Morgan fingerprint density at radius 2 is 1.69 bits per heavy atom. The first kappa shape index (κ1) is 27.8. The molecule has 5 aliphatic rings. The lowest BCUT2D eigenvalue weighted by atomic mass is 9.34. The first-order valence-electron chi connectivity index (χ1n) is 14.5. The van der Waals surface area contributed by atoms with E-state index in [1.165, 1.54) is 0 Å². The van der Waals surface area contributed by atoms with Gasteiger partial charge in [-0.1, -0.05) is 60.1 Å². The quantitative estimate of drug-likeness (QED) is 0.392. The van der Waals surface area contributed by atoms with Crippen LogP contribution in [-0.2, 0) is 19.2 Å². The van der Waals surface area contributed by atoms with E-state index in [2.05, 4.69) is 51.5 Å². The van der Waals surface area contributed by atoms with Crippen molar-refractivity contribution in [1.29, 1.82) is 5.26 Å². The number of hydrogen-bond donors (Lipinski definition) is 2. The number of fused-ring (bicyclic) bond motifs is 7. The number of hydrazine groups is 1. The van der Waals surface area contributed by atoms with Crippen LogP contribution in [0.15, 0.2) is 23.3 Å². The van der Waals surface area contributed by atoms with Crippen LogP contribution in [0.25, 0.3) is 0 Å². The lowest BCUT2D eigenvalue weighted by Gasteiger charge is -2.69. The molecule has 39 heavy (non-hydrogen) atoms. The second kappa shape index (κ2) is 8.38. The van der Waals surface area contributed by atoms with Gasteiger partial charge in [0.2, 0.25) is 12.3 Å². The van der Waals surface area contributed by atoms with Crippen LogP contribution >= 0.6 is 0 Å². The summed E-state index contributed by atoms with van der Waals surface area (Å²) in [4.78, 5) is 52.3. The van der Waals surface area contributed by atoms with E-state index in [4.69, 9.17) is 0 Å². The molecule has 0 unspecified atom stereocenters. The highest BCUT2D eigenvalue weighted by Crippen LogP contribution is 2.74. The molecule has 2 N–H and O–H groups in total. The lowest BCUT2D eigenvalue weighted by molar-refractivity contribution is -0.179. The van der Waals surface area contributed by atoms with Crippen molar-refractivity contribution < 1.29 is 19.2 Å². The maximum atomic E-state index is 14.4. The topological polar surface area (TPSA) is 116 Å². The molecular formula is C32H43N3O4. The minimum absolute atomic E-state index is 0.00152. The Labute approximate surface area is 232 Å². The molecular weight excluding hydrogens is 490 g/mol. The summed E-state index contributed by atoms with van der Waals surface area (Å²) in [6, 6.07) is 2.16. The fourth-order valence-corrected chi connectivity index (χ4v) is 10.2. The lowest BCUT2D eigenvalue weighted by Crippen LogP contribution is -2.67. The van der Waals surface area contributed by atoms with Gasteiger partial charge in [-0.3, -0.25) is 30.0 Å². The first-order valence-corrected chi connectivity index (χ1v) is 14.5. The molecule has 7 atom stereocenters. The normalized spacial score (nSPS) is 43.7. The van der Waals surface area contributed by atoms with E-state index in [1.54, 1.807) is 0 Å². The van der Waals surface area contributed by atoms with Crippen LogP contribution in [0.3, 0.4) is 0 Å². The van der Waals surface area contributed by atoms with Crippen LogP contribution in [0, 0.1) is 61.6 Å². The Kier molecular flexibility index (Phi) is 5.97. The van der Waals surface area contributed by atoms with Gasteiger partial charge in [0.15, 0.2) is 11.6 Å². The van der Waals surface area contributed by atoms with Crippen molar-refractivity contribution in [2.45, 2.75) is 93.4 Å². The van der Waals surface area contributed by atoms with Gasteiger partial charge in [0, 0.05) is 16.7 Å². The number of Topliss-reactive ketones (excluding diaryl/α,β-unsaturated/α-hetero) is 1. The molecule has 2 amide bonds. The van der Waals surface area contributed by atoms with Gasteiger partial charge in [-0.25, -0.2) is 0 Å². The SMILES string of the molecule is CC1(C)CC[C@]2(C(=O)NNC=O)CC[C@]3(C)[C@H](C(=O)C=C4[C@@]5(C)C=C(C#N)C(=O)C(C)(C)[C@@H]5CC[C@]43C)[C@@H]2C1. The van der Waals surface area contributed by atoms with Gasteiger partial charge in [0.25, 0.3) is 0 Å². The van der Waals surface area contributed by atoms with E-state index < -0.39 is 16.2 Å². The zero-order valence-corrected chi connectivity index (χ0v) is 24.5. The highest BCUT2D eigenvalue weighted by molar-refractivity contribution is 6.04. The van der Waals surface area contributed by atoms with Crippen molar-refractivity contribution in [2.24, 2.45) is 50.2 Å². The van der Waals surface area contributed by atoms with Crippen LogP contribution in [-0.4, -0.2) is 23.9 Å². The van der Waals surface area contributed by atoms with Crippen molar-refractivity contribution in [3.05, 3.63) is 23.3 Å². The molecule has 5 rings (SSSR count). The molecule has 0 aromatic rings. The van der Waals surface area contributed by atoms with E-state index in [0.717, 1.165) is 37.7 Å². The minimum Gasteiger partial charge on any atom is -0.295 e. The third-order valence-electron chi connectivity index (χ3n) is 12.6. The largest absolute Gasteiger partial charge is 0.295 e. The van der Waals surface area contributed by atoms with Crippen molar-refractivity contribution in [3.63, 3.8) is 0 Å². The van der Waals surface area contributed by atoms with Crippen molar-refractivity contribution in [1.82, 2.24) is 10.9 Å². The summed E-state index contributed by atoms with van der Waals surface area (Å²) in [5, 5.41) is 9.88. The molecule has 7 nitrogen and oxygen atoms in total. The Bertz CT molecular complexity index is 1270. The van der Waals surface area contributed by atoms with Gasteiger partial charge >= 0.3 is 0 Å². The molecule has 0 aliphatic heterocycles. The Morgan fingerprint density at radius 1 is 1.03 bits per heavy atom. The standard InChI is InChI=1S/C32H43N3O4/c1-27(2)10-12-32(26(39)35-34-18-36)13-11-31(7)24(20(32)16-27)21(37)14-23-29(5)15-19(17-33)25(38)28(3,4)22(29)8-9-30(23,31)6/h14-15,18,20,22,24H,8-13,16H2,1-7H3,(H,34,36)(H,35,39)/t20-,22-,24-,29-,30+,31+,32-/m0/s1. The molecule has 0 radical (unpaired) electrons. The number of hydrogen-bond acceptors (Lipinski definition) is 5. The molecule has 5 aliphatic carbocycles. The van der Waals surface area contributed by atoms with Crippen LogP contribution < -0.4 is 10.9 Å². The van der Waals surface area contributed by atoms with Gasteiger partial charge in [-0.05, 0) is 79.1 Å². The number of nitrogens with one attached hydrogen (secondary N) is 2. The number of ketones is 2. The van der Waals surface area contributed by atoms with Gasteiger partial charge < -0.3 is 0 Å². The van der Waals surface area contributed by atoms with E-state index in [9.17, 15) is 24.4 Å². The van der Waals surface area contributed by atoms with E-state index in [0.29, 0.717) is 19.3 Å². The van der Waals surface area contributed by atoms with Crippen LogP contribution in [0.5, 0.6) is 0 Å². The average Bonchev–Trinajstić information content (AvgIpc) is 2.86. The Morgan fingerprint density at radius 3 is 2.33 bits per heavy atom. The number of amides is 2.